The molecule has 4 aromatic heterocycles. The Balaban J connectivity index is 1.35. The van der Waals surface area contributed by atoms with Crippen molar-refractivity contribution in [1.29, 1.82) is 0 Å². The fourth-order valence-electron chi connectivity index (χ4n) is 4.93. The summed E-state index contributed by atoms with van der Waals surface area (Å²) in [4.78, 5) is 34.5. The maximum atomic E-state index is 14.1. The second kappa shape index (κ2) is 11.5. The van der Waals surface area contributed by atoms with Crippen molar-refractivity contribution in [2.24, 2.45) is 0 Å². The van der Waals surface area contributed by atoms with Crippen LogP contribution in [0.5, 0.6) is 0 Å². The number of esters is 1. The van der Waals surface area contributed by atoms with Crippen LogP contribution in [0.4, 0.5) is 18.9 Å². The smallest absolute Gasteiger partial charge is 0.433 e. The van der Waals surface area contributed by atoms with E-state index < -0.39 is 23.7 Å². The fraction of sp³-hybridized carbons (Fsp3) is 0.188. The molecular weight excluding hydrogens is 587 g/mol. The highest BCUT2D eigenvalue weighted by Crippen LogP contribution is 2.33. The Hall–Kier alpha value is -5.59. The van der Waals surface area contributed by atoms with Crippen LogP contribution in [0.25, 0.3) is 33.8 Å². The molecular formula is C32H26F3N7O3. The van der Waals surface area contributed by atoms with Crippen molar-refractivity contribution in [3.63, 3.8) is 0 Å². The van der Waals surface area contributed by atoms with Gasteiger partial charge < -0.3 is 10.1 Å². The lowest BCUT2D eigenvalue weighted by atomic mass is 10.0. The van der Waals surface area contributed by atoms with Crippen molar-refractivity contribution in [2.75, 3.05) is 11.9 Å². The Morgan fingerprint density at radius 2 is 1.64 bits per heavy atom. The van der Waals surface area contributed by atoms with E-state index in [9.17, 15) is 22.8 Å². The monoisotopic (exact) mass is 613 g/mol. The number of anilines is 1. The first kappa shape index (κ1) is 29.5. The molecule has 6 aromatic rings. The molecule has 45 heavy (non-hydrogen) atoms. The predicted octanol–water partition coefficient (Wildman–Crippen LogP) is 6.68. The van der Waals surface area contributed by atoms with E-state index in [0.29, 0.717) is 32.7 Å². The highest BCUT2D eigenvalue weighted by atomic mass is 19.4. The van der Waals surface area contributed by atoms with Crippen molar-refractivity contribution in [2.45, 2.75) is 32.9 Å². The number of halogens is 3. The molecule has 0 bridgehead atoms. The number of nitrogens with zero attached hydrogens (tertiary/aromatic N) is 6. The van der Waals surface area contributed by atoms with Crippen LogP contribution < -0.4 is 5.32 Å². The fourth-order valence-corrected chi connectivity index (χ4v) is 4.93. The SMILES string of the molecule is CCOC(=O)c1cnn2c(-c3cccc(NC(=O)c4cnn5c(C(F)(F)F)cc(-c6ccc(C(C)C)cc6)nc45)c3)ccnc12. The zero-order valence-electron chi connectivity index (χ0n) is 24.3. The van der Waals surface area contributed by atoms with Gasteiger partial charge in [0, 0.05) is 23.0 Å². The standard InChI is InChI=1S/C32H26F3N7O3/c1-4-45-31(44)24-17-37-41-26(12-13-36-28(24)41)21-6-5-7-22(14-21)39-30(43)23-16-38-42-27(32(33,34)35)15-25(40-29(23)42)20-10-8-19(9-11-20)18(2)3/h5-18H,4H2,1-3H3,(H,39,43). The lowest BCUT2D eigenvalue weighted by Gasteiger charge is -2.12. The van der Waals surface area contributed by atoms with Gasteiger partial charge in [0.2, 0.25) is 0 Å². The zero-order valence-corrected chi connectivity index (χ0v) is 24.3. The molecule has 6 rings (SSSR count). The van der Waals surface area contributed by atoms with E-state index in [-0.39, 0.29) is 35.0 Å². The van der Waals surface area contributed by atoms with Crippen molar-refractivity contribution < 1.29 is 27.5 Å². The summed E-state index contributed by atoms with van der Waals surface area (Å²) in [6.07, 6.45) is -0.792. The molecule has 0 aliphatic carbocycles. The largest absolute Gasteiger partial charge is 0.462 e. The number of rotatable bonds is 7. The molecule has 0 aliphatic rings. The molecule has 13 heteroatoms. The topological polar surface area (TPSA) is 116 Å². The lowest BCUT2D eigenvalue weighted by molar-refractivity contribution is -0.142. The van der Waals surface area contributed by atoms with Gasteiger partial charge in [0.1, 0.15) is 11.1 Å². The Morgan fingerprint density at radius 1 is 0.911 bits per heavy atom. The summed E-state index contributed by atoms with van der Waals surface area (Å²) in [5, 5.41) is 10.9. The van der Waals surface area contributed by atoms with Gasteiger partial charge >= 0.3 is 12.1 Å². The van der Waals surface area contributed by atoms with Gasteiger partial charge in [-0.15, -0.1) is 0 Å². The number of hydrogen-bond acceptors (Lipinski definition) is 7. The van der Waals surface area contributed by atoms with Gasteiger partial charge in [0.15, 0.2) is 17.0 Å². The summed E-state index contributed by atoms with van der Waals surface area (Å²) in [6.45, 7) is 5.94. The van der Waals surface area contributed by atoms with Crippen LogP contribution in [0.15, 0.2) is 79.3 Å². The first-order valence-electron chi connectivity index (χ1n) is 14.0. The minimum absolute atomic E-state index is 0.0600. The number of ether oxygens (including phenoxy) is 1. The third-order valence-electron chi connectivity index (χ3n) is 7.19. The second-order valence-electron chi connectivity index (χ2n) is 10.5. The lowest BCUT2D eigenvalue weighted by Crippen LogP contribution is -2.16. The van der Waals surface area contributed by atoms with Gasteiger partial charge in [0.05, 0.1) is 30.4 Å². The average Bonchev–Trinajstić information content (AvgIpc) is 3.65. The van der Waals surface area contributed by atoms with Gasteiger partial charge in [-0.3, -0.25) is 4.79 Å². The molecule has 4 heterocycles. The predicted molar refractivity (Wildman–Crippen MR) is 160 cm³/mol. The Bertz CT molecular complexity index is 2070. The van der Waals surface area contributed by atoms with Crippen LogP contribution in [-0.2, 0) is 10.9 Å². The molecule has 2 aromatic carbocycles. The molecule has 0 atom stereocenters. The number of carbonyl (C=O) groups excluding carboxylic acids is 2. The van der Waals surface area contributed by atoms with Crippen molar-refractivity contribution in [1.82, 2.24) is 29.2 Å². The Labute approximate surface area is 254 Å². The van der Waals surface area contributed by atoms with E-state index in [1.165, 1.54) is 16.9 Å². The quantitative estimate of drug-likeness (QED) is 0.200. The summed E-state index contributed by atoms with van der Waals surface area (Å²) >= 11 is 0. The first-order chi connectivity index (χ1) is 21.5. The molecule has 1 amide bonds. The van der Waals surface area contributed by atoms with Crippen LogP contribution in [0.3, 0.4) is 0 Å². The van der Waals surface area contributed by atoms with Crippen molar-refractivity contribution >= 4 is 28.9 Å². The number of carbonyl (C=O) groups is 2. The molecule has 0 saturated carbocycles. The van der Waals surface area contributed by atoms with E-state index >= 15 is 0 Å². The summed E-state index contributed by atoms with van der Waals surface area (Å²) in [7, 11) is 0. The Kier molecular flexibility index (Phi) is 7.52. The summed E-state index contributed by atoms with van der Waals surface area (Å²) in [6, 6.07) is 16.5. The number of alkyl halides is 3. The Morgan fingerprint density at radius 3 is 2.36 bits per heavy atom. The minimum Gasteiger partial charge on any atom is -0.462 e. The van der Waals surface area contributed by atoms with Crippen molar-refractivity contribution in [3.8, 4) is 22.5 Å². The average molecular weight is 614 g/mol. The van der Waals surface area contributed by atoms with Crippen LogP contribution in [0.1, 0.15) is 58.7 Å². The first-order valence-corrected chi connectivity index (χ1v) is 14.0. The molecule has 0 unspecified atom stereocenters. The normalized spacial score (nSPS) is 11.8. The van der Waals surface area contributed by atoms with Crippen molar-refractivity contribution in [3.05, 3.63) is 102 Å². The highest BCUT2D eigenvalue weighted by molar-refractivity contribution is 6.08. The minimum atomic E-state index is -4.75. The highest BCUT2D eigenvalue weighted by Gasteiger charge is 2.36. The van der Waals surface area contributed by atoms with Gasteiger partial charge in [-0.1, -0.05) is 50.2 Å². The van der Waals surface area contributed by atoms with E-state index in [2.05, 4.69) is 25.5 Å². The maximum Gasteiger partial charge on any atom is 0.433 e. The maximum absolute atomic E-state index is 14.1. The van der Waals surface area contributed by atoms with E-state index in [1.54, 1.807) is 49.4 Å². The van der Waals surface area contributed by atoms with Crippen LogP contribution in [0, 0.1) is 0 Å². The third kappa shape index (κ3) is 5.59. The molecule has 0 aliphatic heterocycles. The zero-order chi connectivity index (χ0) is 31.9. The van der Waals surface area contributed by atoms with Crippen LogP contribution in [0.2, 0.25) is 0 Å². The number of aromatic nitrogens is 6. The second-order valence-corrected chi connectivity index (χ2v) is 10.5. The third-order valence-corrected chi connectivity index (χ3v) is 7.19. The molecule has 1 N–H and O–H groups in total. The molecule has 0 saturated heterocycles. The van der Waals surface area contributed by atoms with Gasteiger partial charge in [-0.25, -0.2) is 23.8 Å². The van der Waals surface area contributed by atoms with E-state index in [0.717, 1.165) is 17.8 Å². The number of amides is 1. The number of fused-ring (bicyclic) bond motifs is 2. The van der Waals surface area contributed by atoms with Gasteiger partial charge in [0.25, 0.3) is 5.91 Å². The summed E-state index contributed by atoms with van der Waals surface area (Å²) in [5.41, 5.74) is 2.20. The summed E-state index contributed by atoms with van der Waals surface area (Å²) in [5.74, 6) is -1.00. The molecule has 10 nitrogen and oxygen atoms in total. The molecule has 228 valence electrons. The van der Waals surface area contributed by atoms with Gasteiger partial charge in [-0.05, 0) is 42.7 Å². The van der Waals surface area contributed by atoms with E-state index in [4.69, 9.17) is 4.74 Å². The molecule has 0 fully saturated rings. The van der Waals surface area contributed by atoms with E-state index in [1.807, 2.05) is 26.0 Å². The number of benzene rings is 2. The summed E-state index contributed by atoms with van der Waals surface area (Å²) < 4.78 is 49.5. The van der Waals surface area contributed by atoms with Gasteiger partial charge in [-0.2, -0.15) is 23.4 Å². The number of hydrogen-bond donors (Lipinski definition) is 1. The molecule has 0 spiro atoms. The van der Waals surface area contributed by atoms with Crippen LogP contribution in [-0.4, -0.2) is 47.7 Å². The molecule has 0 radical (unpaired) electrons. The van der Waals surface area contributed by atoms with Crippen LogP contribution >= 0.6 is 0 Å². The number of nitrogens with one attached hydrogen (secondary N) is 1.